The van der Waals surface area contributed by atoms with E-state index in [2.05, 4.69) is 17.4 Å². The van der Waals surface area contributed by atoms with E-state index in [-0.39, 0.29) is 12.4 Å². The minimum Gasteiger partial charge on any atom is -0.409 e. The van der Waals surface area contributed by atoms with E-state index in [9.17, 15) is 0 Å². The van der Waals surface area contributed by atoms with E-state index in [1.54, 1.807) is 0 Å². The first-order valence-electron chi connectivity index (χ1n) is 4.55. The molecule has 5 N–H and O–H groups in total. The summed E-state index contributed by atoms with van der Waals surface area (Å²) in [4.78, 5) is 0. The van der Waals surface area contributed by atoms with Gasteiger partial charge in [-0.1, -0.05) is 12.1 Å². The Hall–Kier alpha value is -0.810. The minimum absolute atomic E-state index is 0.190. The lowest BCUT2D eigenvalue weighted by molar-refractivity contribution is 0.263. The van der Waals surface area contributed by atoms with Crippen LogP contribution in [-0.2, 0) is 0 Å². The Morgan fingerprint density at radius 3 is 2.77 bits per heavy atom. The molecule has 0 heterocycles. The van der Waals surface area contributed by atoms with Gasteiger partial charge in [-0.05, 0) is 12.8 Å². The second-order valence-corrected chi connectivity index (χ2v) is 2.91. The molecule has 1 unspecified atom stereocenters. The standard InChI is InChI=1S/C8H19N3O2/c1-2-7(4-6-12)10-5-3-8(9)11-13/h7,10,12-13H,2-6H2,1H3,(H2,9,11). The highest BCUT2D eigenvalue weighted by molar-refractivity contribution is 5.79. The zero-order chi connectivity index (χ0) is 10.1. The van der Waals surface area contributed by atoms with Gasteiger partial charge >= 0.3 is 0 Å². The summed E-state index contributed by atoms with van der Waals surface area (Å²) in [6, 6.07) is 0.316. The number of aliphatic hydroxyl groups excluding tert-OH is 1. The molecule has 78 valence electrons. The van der Waals surface area contributed by atoms with Crippen molar-refractivity contribution in [1.82, 2.24) is 5.32 Å². The molecule has 0 saturated carbocycles. The minimum atomic E-state index is 0.190. The number of nitrogens with zero attached hydrogens (tertiary/aromatic N) is 1. The van der Waals surface area contributed by atoms with Crippen LogP contribution in [0.25, 0.3) is 0 Å². The SMILES string of the molecule is CCC(CCO)NCCC(N)=NO. The van der Waals surface area contributed by atoms with Crippen LogP contribution in [0.1, 0.15) is 26.2 Å². The molecule has 5 nitrogen and oxygen atoms in total. The van der Waals surface area contributed by atoms with Crippen LogP contribution in [0.5, 0.6) is 0 Å². The summed E-state index contributed by atoms with van der Waals surface area (Å²) in [6.45, 7) is 2.92. The van der Waals surface area contributed by atoms with Crippen LogP contribution in [0.15, 0.2) is 5.16 Å². The van der Waals surface area contributed by atoms with Gasteiger partial charge in [-0.15, -0.1) is 0 Å². The molecule has 0 amide bonds. The van der Waals surface area contributed by atoms with Crippen LogP contribution in [0.4, 0.5) is 0 Å². The van der Waals surface area contributed by atoms with Gasteiger partial charge in [0.1, 0.15) is 5.84 Å². The average Bonchev–Trinajstić information content (AvgIpc) is 2.16. The maximum atomic E-state index is 8.69. The fraction of sp³-hybridized carbons (Fsp3) is 0.875. The topological polar surface area (TPSA) is 90.9 Å². The van der Waals surface area contributed by atoms with Crippen molar-refractivity contribution in [2.45, 2.75) is 32.2 Å². The van der Waals surface area contributed by atoms with Gasteiger partial charge in [0.2, 0.25) is 0 Å². The highest BCUT2D eigenvalue weighted by Gasteiger charge is 2.03. The van der Waals surface area contributed by atoms with Crippen LogP contribution >= 0.6 is 0 Å². The number of amidine groups is 1. The van der Waals surface area contributed by atoms with Gasteiger partial charge in [0.05, 0.1) is 0 Å². The van der Waals surface area contributed by atoms with Crippen molar-refractivity contribution in [3.8, 4) is 0 Å². The number of hydrogen-bond acceptors (Lipinski definition) is 4. The highest BCUT2D eigenvalue weighted by atomic mass is 16.4. The summed E-state index contributed by atoms with van der Waals surface area (Å²) >= 11 is 0. The lowest BCUT2D eigenvalue weighted by Gasteiger charge is -2.14. The van der Waals surface area contributed by atoms with Crippen LogP contribution < -0.4 is 11.1 Å². The highest BCUT2D eigenvalue weighted by Crippen LogP contribution is 1.95. The lowest BCUT2D eigenvalue weighted by atomic mass is 10.1. The molecule has 0 aromatic heterocycles. The zero-order valence-corrected chi connectivity index (χ0v) is 8.03. The molecule has 0 bridgehead atoms. The van der Waals surface area contributed by atoms with Crippen LogP contribution in [0.3, 0.4) is 0 Å². The Labute approximate surface area is 78.6 Å². The van der Waals surface area contributed by atoms with Crippen molar-refractivity contribution in [3.63, 3.8) is 0 Å². The molecule has 13 heavy (non-hydrogen) atoms. The van der Waals surface area contributed by atoms with Crippen LogP contribution in [-0.4, -0.2) is 35.3 Å². The van der Waals surface area contributed by atoms with Crippen molar-refractivity contribution in [1.29, 1.82) is 0 Å². The molecule has 5 heteroatoms. The third-order valence-corrected chi connectivity index (χ3v) is 1.91. The first kappa shape index (κ1) is 12.2. The largest absolute Gasteiger partial charge is 0.409 e. The number of oxime groups is 1. The molecule has 0 radical (unpaired) electrons. The number of nitrogens with two attached hydrogens (primary N) is 1. The van der Waals surface area contributed by atoms with E-state index in [4.69, 9.17) is 16.0 Å². The third-order valence-electron chi connectivity index (χ3n) is 1.91. The van der Waals surface area contributed by atoms with Gasteiger partial charge in [0.15, 0.2) is 0 Å². The molecule has 0 spiro atoms. The van der Waals surface area contributed by atoms with Crippen LogP contribution in [0.2, 0.25) is 0 Å². The molecule has 0 fully saturated rings. The number of rotatable bonds is 7. The predicted molar refractivity (Wildman–Crippen MR) is 51.8 cm³/mol. The van der Waals surface area contributed by atoms with Gasteiger partial charge in [0, 0.05) is 25.6 Å². The van der Waals surface area contributed by atoms with E-state index < -0.39 is 0 Å². The normalized spacial score (nSPS) is 14.5. The van der Waals surface area contributed by atoms with Crippen molar-refractivity contribution in [2.24, 2.45) is 10.9 Å². The van der Waals surface area contributed by atoms with Crippen molar-refractivity contribution < 1.29 is 10.3 Å². The average molecular weight is 189 g/mol. The summed E-state index contributed by atoms with van der Waals surface area (Å²) < 4.78 is 0. The molecule has 0 aliphatic rings. The Balaban J connectivity index is 3.48. The molecule has 0 aromatic carbocycles. The van der Waals surface area contributed by atoms with Gasteiger partial charge in [0.25, 0.3) is 0 Å². The molecule has 0 aliphatic carbocycles. The molecular weight excluding hydrogens is 170 g/mol. The number of nitrogens with one attached hydrogen (secondary N) is 1. The Kier molecular flexibility index (Phi) is 7.33. The van der Waals surface area contributed by atoms with E-state index in [0.29, 0.717) is 19.0 Å². The molecule has 0 saturated heterocycles. The summed E-state index contributed by atoms with van der Waals surface area (Å²) in [6.07, 6.45) is 2.24. The second kappa shape index (κ2) is 7.82. The summed E-state index contributed by atoms with van der Waals surface area (Å²) in [7, 11) is 0. The Bertz CT molecular complexity index is 150. The van der Waals surface area contributed by atoms with Crippen LogP contribution in [0, 0.1) is 0 Å². The maximum Gasteiger partial charge on any atom is 0.140 e. The molecule has 0 rings (SSSR count). The summed E-state index contributed by atoms with van der Waals surface area (Å²) in [5.41, 5.74) is 5.29. The lowest BCUT2D eigenvalue weighted by Crippen LogP contribution is -2.32. The van der Waals surface area contributed by atoms with E-state index >= 15 is 0 Å². The van der Waals surface area contributed by atoms with Gasteiger partial charge < -0.3 is 21.4 Å². The number of hydrogen-bond donors (Lipinski definition) is 4. The first-order chi connectivity index (χ1) is 6.24. The smallest absolute Gasteiger partial charge is 0.140 e. The quantitative estimate of drug-likeness (QED) is 0.194. The predicted octanol–water partition coefficient (Wildman–Crippen LogP) is -0.126. The number of aliphatic hydroxyl groups is 1. The van der Waals surface area contributed by atoms with Crippen molar-refractivity contribution in [2.75, 3.05) is 13.2 Å². The van der Waals surface area contributed by atoms with Crippen molar-refractivity contribution in [3.05, 3.63) is 0 Å². The molecule has 0 aliphatic heterocycles. The molecule has 0 aromatic rings. The van der Waals surface area contributed by atoms with E-state index in [0.717, 1.165) is 12.8 Å². The molecular formula is C8H19N3O2. The maximum absolute atomic E-state index is 8.69. The van der Waals surface area contributed by atoms with Gasteiger partial charge in [-0.25, -0.2) is 0 Å². The van der Waals surface area contributed by atoms with E-state index in [1.807, 2.05) is 0 Å². The zero-order valence-electron chi connectivity index (χ0n) is 8.03. The fourth-order valence-electron chi connectivity index (χ4n) is 1.06. The fourth-order valence-corrected chi connectivity index (χ4v) is 1.06. The first-order valence-corrected chi connectivity index (χ1v) is 4.55. The monoisotopic (exact) mass is 189 g/mol. The van der Waals surface area contributed by atoms with Gasteiger partial charge in [-0.3, -0.25) is 0 Å². The van der Waals surface area contributed by atoms with Crippen molar-refractivity contribution >= 4 is 5.84 Å². The Morgan fingerprint density at radius 1 is 1.62 bits per heavy atom. The summed E-state index contributed by atoms with van der Waals surface area (Å²) in [5.74, 6) is 0.228. The molecule has 1 atom stereocenters. The summed E-state index contributed by atoms with van der Waals surface area (Å²) in [5, 5.41) is 23.0. The Morgan fingerprint density at radius 2 is 2.31 bits per heavy atom. The third kappa shape index (κ3) is 6.36. The van der Waals surface area contributed by atoms with E-state index in [1.165, 1.54) is 0 Å². The van der Waals surface area contributed by atoms with Gasteiger partial charge in [-0.2, -0.15) is 0 Å². The second-order valence-electron chi connectivity index (χ2n) is 2.91.